The molecule has 0 aliphatic carbocycles. The van der Waals surface area contributed by atoms with Crippen molar-refractivity contribution in [2.24, 2.45) is 0 Å². The molecule has 2 N–H and O–H groups in total. The number of aromatic hydroxyl groups is 1. The number of hydrogen-bond donors (Lipinski definition) is 2. The first-order chi connectivity index (χ1) is 10.4. The van der Waals surface area contributed by atoms with Gasteiger partial charge in [0.1, 0.15) is 11.5 Å². The maximum absolute atomic E-state index is 12.7. The fraction of sp³-hybridized carbons (Fsp3) is 0.600. The molecule has 1 saturated heterocycles. The van der Waals surface area contributed by atoms with E-state index in [-0.39, 0.29) is 37.0 Å². The van der Waals surface area contributed by atoms with Gasteiger partial charge in [0.2, 0.25) is 0 Å². The summed E-state index contributed by atoms with van der Waals surface area (Å²) in [5.41, 5.74) is 0.441. The zero-order valence-electron chi connectivity index (χ0n) is 13.3. The van der Waals surface area contributed by atoms with Crippen molar-refractivity contribution in [3.63, 3.8) is 0 Å². The number of benzene rings is 1. The second-order valence-corrected chi connectivity index (χ2v) is 5.35. The van der Waals surface area contributed by atoms with Gasteiger partial charge in [-0.05, 0) is 18.6 Å². The number of piperazine rings is 1. The molecule has 1 aromatic carbocycles. The zero-order valence-corrected chi connectivity index (χ0v) is 14.9. The Balaban J connectivity index is 0.00000264. The van der Waals surface area contributed by atoms with Crippen LogP contribution in [0, 0.1) is 0 Å². The van der Waals surface area contributed by atoms with E-state index >= 15 is 0 Å². The highest BCUT2D eigenvalue weighted by atomic mass is 35.5. The molecule has 9 heteroatoms. The van der Waals surface area contributed by atoms with Gasteiger partial charge < -0.3 is 15.2 Å². The molecule has 1 aliphatic rings. The van der Waals surface area contributed by atoms with Crippen LogP contribution in [0.5, 0.6) is 11.5 Å². The summed E-state index contributed by atoms with van der Waals surface area (Å²) in [4.78, 5) is 1.97. The maximum atomic E-state index is 12.7. The summed E-state index contributed by atoms with van der Waals surface area (Å²) in [5.74, 6) is 0.399. The van der Waals surface area contributed by atoms with Crippen LogP contribution in [0.2, 0.25) is 0 Å². The van der Waals surface area contributed by atoms with Crippen LogP contribution in [-0.2, 0) is 0 Å². The largest absolute Gasteiger partial charge is 0.507 e. The van der Waals surface area contributed by atoms with Gasteiger partial charge in [-0.15, -0.1) is 24.8 Å². The molecular weight excluding hydrogens is 368 g/mol. The van der Waals surface area contributed by atoms with Gasteiger partial charge in [-0.25, -0.2) is 0 Å². The highest BCUT2D eigenvalue weighted by molar-refractivity contribution is 5.85. The maximum Gasteiger partial charge on any atom is 0.389 e. The fourth-order valence-electron chi connectivity index (χ4n) is 2.85. The number of alkyl halides is 3. The number of rotatable bonds is 5. The van der Waals surface area contributed by atoms with Crippen LogP contribution in [-0.4, -0.2) is 49.5 Å². The van der Waals surface area contributed by atoms with Crippen molar-refractivity contribution in [2.45, 2.75) is 25.1 Å². The smallest absolute Gasteiger partial charge is 0.389 e. The average Bonchev–Trinajstić information content (AvgIpc) is 2.48. The summed E-state index contributed by atoms with van der Waals surface area (Å²) < 4.78 is 43.2. The molecule has 0 amide bonds. The predicted octanol–water partition coefficient (Wildman–Crippen LogP) is 3.53. The first kappa shape index (κ1) is 23.1. The number of halogens is 5. The lowest BCUT2D eigenvalue weighted by Crippen LogP contribution is -2.45. The number of ether oxygens (including phenoxy) is 1. The van der Waals surface area contributed by atoms with Gasteiger partial charge in [-0.1, -0.05) is 6.07 Å². The van der Waals surface area contributed by atoms with Gasteiger partial charge in [-0.3, -0.25) is 4.90 Å². The average molecular weight is 391 g/mol. The molecule has 0 saturated carbocycles. The summed E-state index contributed by atoms with van der Waals surface area (Å²) in [6.45, 7) is 2.72. The molecule has 0 spiro atoms. The Morgan fingerprint density at radius 1 is 1.25 bits per heavy atom. The molecule has 1 aromatic rings. The van der Waals surface area contributed by atoms with E-state index in [2.05, 4.69) is 5.32 Å². The molecule has 1 fully saturated rings. The highest BCUT2D eigenvalue weighted by Gasteiger charge is 2.33. The van der Waals surface area contributed by atoms with Crippen molar-refractivity contribution in [2.75, 3.05) is 33.3 Å². The first-order valence-electron chi connectivity index (χ1n) is 7.30. The Labute approximate surface area is 152 Å². The lowest BCUT2D eigenvalue weighted by atomic mass is 9.97. The number of phenols is 1. The molecule has 1 atom stereocenters. The first-order valence-corrected chi connectivity index (χ1v) is 7.30. The lowest BCUT2D eigenvalue weighted by molar-refractivity contribution is -0.138. The van der Waals surface area contributed by atoms with Crippen molar-refractivity contribution in [3.05, 3.63) is 23.8 Å². The van der Waals surface area contributed by atoms with Gasteiger partial charge in [-0.2, -0.15) is 13.2 Å². The van der Waals surface area contributed by atoms with Gasteiger partial charge in [0.15, 0.2) is 0 Å². The Kier molecular flexibility index (Phi) is 9.80. The number of methoxy groups -OCH3 is 1. The molecule has 1 heterocycles. The molecule has 0 aromatic heterocycles. The molecule has 0 bridgehead atoms. The second kappa shape index (κ2) is 10.2. The van der Waals surface area contributed by atoms with Gasteiger partial charge in [0, 0.05) is 38.6 Å². The summed E-state index contributed by atoms with van der Waals surface area (Å²) in [5, 5.41) is 13.3. The second-order valence-electron chi connectivity index (χ2n) is 5.35. The molecule has 140 valence electrons. The minimum atomic E-state index is -4.22. The fourth-order valence-corrected chi connectivity index (χ4v) is 2.85. The zero-order chi connectivity index (χ0) is 16.2. The predicted molar refractivity (Wildman–Crippen MR) is 91.6 cm³/mol. The van der Waals surface area contributed by atoms with Crippen molar-refractivity contribution in [1.82, 2.24) is 10.2 Å². The standard InChI is InChI=1S/C15H21F3N2O2.2ClH/c1-22-13-4-2-3-12(21)14(13)11(5-6-15(16,17)18)20-9-7-19-8-10-20;;/h2-4,11,19,21H,5-10H2,1H3;2*1H/t11-;;/m0../s1. The van der Waals surface area contributed by atoms with E-state index in [0.29, 0.717) is 24.4 Å². The summed E-state index contributed by atoms with van der Waals surface area (Å²) in [7, 11) is 1.46. The van der Waals surface area contributed by atoms with Crippen LogP contribution in [0.25, 0.3) is 0 Å². The minimum absolute atomic E-state index is 0. The van der Waals surface area contributed by atoms with E-state index < -0.39 is 18.6 Å². The number of phenolic OH excluding ortho intramolecular Hbond substituents is 1. The van der Waals surface area contributed by atoms with Crippen molar-refractivity contribution in [1.29, 1.82) is 0 Å². The third-order valence-electron chi connectivity index (χ3n) is 3.89. The third kappa shape index (κ3) is 6.20. The van der Waals surface area contributed by atoms with E-state index in [0.717, 1.165) is 13.1 Å². The number of hydrogen-bond acceptors (Lipinski definition) is 4. The summed E-state index contributed by atoms with van der Waals surface area (Å²) in [6, 6.07) is 4.26. The molecule has 0 radical (unpaired) electrons. The number of nitrogens with one attached hydrogen (secondary N) is 1. The number of nitrogens with zero attached hydrogens (tertiary/aromatic N) is 1. The summed E-state index contributed by atoms with van der Waals surface area (Å²) in [6.07, 6.45) is -5.21. The van der Waals surface area contributed by atoms with E-state index in [4.69, 9.17) is 4.74 Å². The van der Waals surface area contributed by atoms with Crippen LogP contribution >= 0.6 is 24.8 Å². The van der Waals surface area contributed by atoms with Gasteiger partial charge in [0.25, 0.3) is 0 Å². The van der Waals surface area contributed by atoms with E-state index in [1.54, 1.807) is 12.1 Å². The van der Waals surface area contributed by atoms with Crippen LogP contribution < -0.4 is 10.1 Å². The highest BCUT2D eigenvalue weighted by Crippen LogP contribution is 2.40. The molecule has 24 heavy (non-hydrogen) atoms. The molecule has 0 unspecified atom stereocenters. The molecular formula is C15H23Cl2F3N2O2. The Bertz CT molecular complexity index is 498. The van der Waals surface area contributed by atoms with Crippen LogP contribution in [0.3, 0.4) is 0 Å². The molecule has 1 aliphatic heterocycles. The quantitative estimate of drug-likeness (QED) is 0.806. The Morgan fingerprint density at radius 2 is 1.88 bits per heavy atom. The normalized spacial score (nSPS) is 16.7. The van der Waals surface area contributed by atoms with E-state index in [9.17, 15) is 18.3 Å². The van der Waals surface area contributed by atoms with Crippen LogP contribution in [0.4, 0.5) is 13.2 Å². The lowest BCUT2D eigenvalue weighted by Gasteiger charge is -2.36. The van der Waals surface area contributed by atoms with Crippen LogP contribution in [0.1, 0.15) is 24.4 Å². The van der Waals surface area contributed by atoms with E-state index in [1.807, 2.05) is 4.90 Å². The molecule has 4 nitrogen and oxygen atoms in total. The molecule has 2 rings (SSSR count). The van der Waals surface area contributed by atoms with E-state index in [1.165, 1.54) is 13.2 Å². The van der Waals surface area contributed by atoms with Crippen LogP contribution in [0.15, 0.2) is 18.2 Å². The third-order valence-corrected chi connectivity index (χ3v) is 3.89. The van der Waals surface area contributed by atoms with Crippen molar-refractivity contribution in [3.8, 4) is 11.5 Å². The Morgan fingerprint density at radius 3 is 2.42 bits per heavy atom. The topological polar surface area (TPSA) is 44.7 Å². The van der Waals surface area contributed by atoms with Crippen molar-refractivity contribution >= 4 is 24.8 Å². The summed E-state index contributed by atoms with van der Waals surface area (Å²) >= 11 is 0. The SMILES string of the molecule is COc1cccc(O)c1[C@H](CCC(F)(F)F)N1CCNCC1.Cl.Cl. The van der Waals surface area contributed by atoms with Gasteiger partial charge in [0.05, 0.1) is 12.7 Å². The monoisotopic (exact) mass is 390 g/mol. The Hall–Kier alpha value is -0.890. The van der Waals surface area contributed by atoms with Crippen molar-refractivity contribution < 1.29 is 23.0 Å². The minimum Gasteiger partial charge on any atom is -0.507 e. The van der Waals surface area contributed by atoms with Gasteiger partial charge >= 0.3 is 6.18 Å².